The van der Waals surface area contributed by atoms with Crippen molar-refractivity contribution in [2.24, 2.45) is 0 Å². The van der Waals surface area contributed by atoms with Crippen molar-refractivity contribution in [3.8, 4) is 0 Å². The molecule has 1 amide bonds. The Hall–Kier alpha value is -4.09. The fourth-order valence-corrected chi connectivity index (χ4v) is 5.81. The van der Waals surface area contributed by atoms with Crippen LogP contribution in [0.4, 0.5) is 36.4 Å². The van der Waals surface area contributed by atoms with Crippen molar-refractivity contribution in [2.45, 2.75) is 31.6 Å². The summed E-state index contributed by atoms with van der Waals surface area (Å²) in [6.45, 7) is 5.10. The number of piperidine rings is 1. The second-order valence-corrected chi connectivity index (χ2v) is 12.9. The zero-order valence-electron chi connectivity index (χ0n) is 24.9. The Kier molecular flexibility index (Phi) is 9.69. The summed E-state index contributed by atoms with van der Waals surface area (Å²) in [5.41, 5.74) is -0.0343. The highest BCUT2D eigenvalue weighted by Gasteiger charge is 2.35. The lowest BCUT2D eigenvalue weighted by atomic mass is 10.0. The standard InChI is InChI=1S/C28H35F3N10O3S/c1-39(45(2,43)44)25-23(33-9-10-34-25)18-35-24-22(28(29,30)31)17-36-27(38-24)37-20-5-3-19(4-6-20)26(42)41-13-7-21(8-14-41)40-15-11-32-12-16-40/h3-6,9-10,17,21,32H,7-8,11-16,18H2,1-2H3,(H2,35,36,37,38). The maximum Gasteiger partial charge on any atom is 0.421 e. The highest BCUT2D eigenvalue weighted by Crippen LogP contribution is 2.34. The van der Waals surface area contributed by atoms with Crippen molar-refractivity contribution in [1.29, 1.82) is 0 Å². The van der Waals surface area contributed by atoms with E-state index in [0.717, 1.165) is 49.6 Å². The monoisotopic (exact) mass is 648 g/mol. The number of benzene rings is 1. The smallest absolute Gasteiger partial charge is 0.364 e. The van der Waals surface area contributed by atoms with Crippen molar-refractivity contribution in [3.63, 3.8) is 0 Å². The van der Waals surface area contributed by atoms with Crippen molar-refractivity contribution in [3.05, 3.63) is 59.7 Å². The number of piperazine rings is 1. The zero-order valence-corrected chi connectivity index (χ0v) is 25.7. The first-order valence-corrected chi connectivity index (χ1v) is 16.3. The molecule has 0 unspecified atom stereocenters. The second kappa shape index (κ2) is 13.5. The number of amides is 1. The van der Waals surface area contributed by atoms with Crippen LogP contribution in [0.25, 0.3) is 0 Å². The summed E-state index contributed by atoms with van der Waals surface area (Å²) in [5, 5.41) is 8.84. The number of sulfonamides is 1. The molecule has 3 N–H and O–H groups in total. The molecule has 2 saturated heterocycles. The van der Waals surface area contributed by atoms with E-state index in [-0.39, 0.29) is 29.9 Å². The van der Waals surface area contributed by atoms with Gasteiger partial charge in [-0.15, -0.1) is 0 Å². The fourth-order valence-electron chi connectivity index (χ4n) is 5.35. The predicted molar refractivity (Wildman–Crippen MR) is 163 cm³/mol. The molecule has 0 saturated carbocycles. The summed E-state index contributed by atoms with van der Waals surface area (Å²) >= 11 is 0. The first-order chi connectivity index (χ1) is 21.4. The largest absolute Gasteiger partial charge is 0.421 e. The first kappa shape index (κ1) is 32.3. The number of nitrogens with one attached hydrogen (secondary N) is 3. The van der Waals surface area contributed by atoms with Gasteiger partial charge in [0, 0.05) is 82.2 Å². The molecule has 5 rings (SSSR count). The molecule has 2 aliphatic heterocycles. The van der Waals surface area contributed by atoms with Crippen LogP contribution in [0.5, 0.6) is 0 Å². The number of nitrogens with zero attached hydrogens (tertiary/aromatic N) is 7. The molecule has 45 heavy (non-hydrogen) atoms. The van der Waals surface area contributed by atoms with Crippen LogP contribution in [0.1, 0.15) is 34.5 Å². The highest BCUT2D eigenvalue weighted by molar-refractivity contribution is 7.92. The number of hydrogen-bond donors (Lipinski definition) is 3. The third kappa shape index (κ3) is 7.96. The fraction of sp³-hybridized carbons (Fsp3) is 0.464. The molecular formula is C28H35F3N10O3S. The van der Waals surface area contributed by atoms with Crippen LogP contribution in [-0.2, 0) is 22.7 Å². The number of aromatic nitrogens is 4. The molecular weight excluding hydrogens is 613 g/mol. The number of carbonyl (C=O) groups excluding carboxylic acids is 1. The molecule has 1 aromatic carbocycles. The Morgan fingerprint density at radius 3 is 2.36 bits per heavy atom. The van der Waals surface area contributed by atoms with Gasteiger partial charge in [-0.2, -0.15) is 18.2 Å². The van der Waals surface area contributed by atoms with Gasteiger partial charge in [0.25, 0.3) is 5.91 Å². The van der Waals surface area contributed by atoms with E-state index in [1.807, 2.05) is 4.90 Å². The lowest BCUT2D eigenvalue weighted by Crippen LogP contribution is -2.52. The molecule has 2 aliphatic rings. The Balaban J connectivity index is 1.25. The number of halogens is 3. The number of likely N-dealkylation sites (tertiary alicyclic amines) is 1. The van der Waals surface area contributed by atoms with Crippen LogP contribution < -0.4 is 20.3 Å². The molecule has 0 radical (unpaired) electrons. The number of alkyl halides is 3. The number of carbonyl (C=O) groups is 1. The van der Waals surface area contributed by atoms with Gasteiger partial charge in [-0.05, 0) is 37.1 Å². The minimum atomic E-state index is -4.77. The molecule has 2 aromatic heterocycles. The summed E-state index contributed by atoms with van der Waals surface area (Å²) in [6, 6.07) is 7.08. The van der Waals surface area contributed by atoms with Crippen molar-refractivity contribution in [1.82, 2.24) is 35.1 Å². The van der Waals surface area contributed by atoms with Gasteiger partial charge >= 0.3 is 6.18 Å². The summed E-state index contributed by atoms with van der Waals surface area (Å²) in [5.74, 6) is -0.753. The van der Waals surface area contributed by atoms with Crippen LogP contribution in [-0.4, -0.2) is 103 Å². The molecule has 0 bridgehead atoms. The molecule has 4 heterocycles. The van der Waals surface area contributed by atoms with E-state index in [1.165, 1.54) is 19.4 Å². The Labute approximate surface area is 259 Å². The quantitative estimate of drug-likeness (QED) is 0.314. The van der Waals surface area contributed by atoms with Gasteiger partial charge in [0.1, 0.15) is 17.1 Å². The molecule has 0 atom stereocenters. The average Bonchev–Trinajstić information content (AvgIpc) is 3.03. The topological polar surface area (TPSA) is 149 Å². The van der Waals surface area contributed by atoms with Crippen molar-refractivity contribution >= 4 is 39.2 Å². The van der Waals surface area contributed by atoms with E-state index in [1.54, 1.807) is 24.3 Å². The van der Waals surface area contributed by atoms with E-state index in [4.69, 9.17) is 0 Å². The van der Waals surface area contributed by atoms with Crippen LogP contribution in [0.15, 0.2) is 42.9 Å². The van der Waals surface area contributed by atoms with E-state index in [9.17, 15) is 26.4 Å². The summed E-state index contributed by atoms with van der Waals surface area (Å²) < 4.78 is 66.3. The summed E-state index contributed by atoms with van der Waals surface area (Å²) in [6.07, 6.45) is 1.31. The minimum Gasteiger partial charge on any atom is -0.364 e. The third-order valence-corrected chi connectivity index (χ3v) is 9.04. The van der Waals surface area contributed by atoms with E-state index in [0.29, 0.717) is 36.6 Å². The summed E-state index contributed by atoms with van der Waals surface area (Å²) in [7, 11) is -2.43. The first-order valence-electron chi connectivity index (χ1n) is 14.4. The van der Waals surface area contributed by atoms with Crippen molar-refractivity contribution in [2.75, 3.05) is 67.5 Å². The van der Waals surface area contributed by atoms with Crippen LogP contribution in [0.2, 0.25) is 0 Å². The van der Waals surface area contributed by atoms with Gasteiger partial charge in [0.2, 0.25) is 16.0 Å². The Bertz CT molecular complexity index is 1590. The summed E-state index contributed by atoms with van der Waals surface area (Å²) in [4.78, 5) is 33.5. The third-order valence-electron chi connectivity index (χ3n) is 7.87. The Morgan fingerprint density at radius 2 is 1.71 bits per heavy atom. The molecule has 17 heteroatoms. The number of rotatable bonds is 9. The molecule has 242 valence electrons. The van der Waals surface area contributed by atoms with E-state index in [2.05, 4.69) is 40.8 Å². The van der Waals surface area contributed by atoms with Gasteiger partial charge in [-0.25, -0.2) is 18.4 Å². The van der Waals surface area contributed by atoms with Crippen LogP contribution >= 0.6 is 0 Å². The van der Waals surface area contributed by atoms with Gasteiger partial charge in [-0.3, -0.25) is 19.0 Å². The average molecular weight is 649 g/mol. The predicted octanol–water partition coefficient (Wildman–Crippen LogP) is 2.55. The zero-order chi connectivity index (χ0) is 32.2. The van der Waals surface area contributed by atoms with Gasteiger partial charge in [-0.1, -0.05) is 0 Å². The molecule has 2 fully saturated rings. The highest BCUT2D eigenvalue weighted by atomic mass is 32.2. The molecule has 0 spiro atoms. The molecule has 3 aromatic rings. The van der Waals surface area contributed by atoms with Gasteiger partial charge < -0.3 is 20.9 Å². The van der Waals surface area contributed by atoms with Crippen LogP contribution in [0, 0.1) is 0 Å². The molecule has 13 nitrogen and oxygen atoms in total. The lowest BCUT2D eigenvalue weighted by molar-refractivity contribution is -0.137. The van der Waals surface area contributed by atoms with E-state index >= 15 is 0 Å². The number of anilines is 4. The van der Waals surface area contributed by atoms with Crippen molar-refractivity contribution < 1.29 is 26.4 Å². The lowest BCUT2D eigenvalue weighted by Gasteiger charge is -2.40. The second-order valence-electron chi connectivity index (χ2n) is 10.9. The van der Waals surface area contributed by atoms with Gasteiger partial charge in [0.05, 0.1) is 12.8 Å². The van der Waals surface area contributed by atoms with Gasteiger partial charge in [0.15, 0.2) is 5.82 Å². The minimum absolute atomic E-state index is 0.0352. The SMILES string of the molecule is CN(c1nccnc1CNc1nc(Nc2ccc(C(=O)N3CCC(N4CCNCC4)CC3)cc2)ncc1C(F)(F)F)S(C)(=O)=O. The normalized spacial score (nSPS) is 16.8. The number of hydrogen-bond acceptors (Lipinski definition) is 11. The Morgan fingerprint density at radius 1 is 1.04 bits per heavy atom. The maximum atomic E-state index is 13.8. The van der Waals surface area contributed by atoms with Crippen LogP contribution in [0.3, 0.4) is 0 Å². The van der Waals surface area contributed by atoms with E-state index < -0.39 is 27.6 Å². The maximum absolute atomic E-state index is 13.8. The molecule has 0 aliphatic carbocycles.